The summed E-state index contributed by atoms with van der Waals surface area (Å²) in [5.41, 5.74) is 6.13. The predicted molar refractivity (Wildman–Crippen MR) is 61.5 cm³/mol. The summed E-state index contributed by atoms with van der Waals surface area (Å²) >= 11 is 7.18. The molecule has 0 aromatic carbocycles. The average molecular weight is 258 g/mol. The molecule has 4 N–H and O–H groups in total. The fourth-order valence-electron chi connectivity index (χ4n) is 1.20. The quantitative estimate of drug-likeness (QED) is 0.783. The third-order valence-electron chi connectivity index (χ3n) is 1.99. The molecular weight excluding hydrogens is 250 g/mol. The number of aromatic nitrogens is 2. The summed E-state index contributed by atoms with van der Waals surface area (Å²) < 4.78 is 0.661. The van der Waals surface area contributed by atoms with Crippen LogP contribution in [0.15, 0.2) is 18.3 Å². The number of carboxylic acid groups (broad SMARTS) is 1. The Kier molecular flexibility index (Phi) is 2.95. The highest BCUT2D eigenvalue weighted by atomic mass is 35.5. The Balaban J connectivity index is 2.29. The fourth-order valence-corrected chi connectivity index (χ4v) is 2.20. The number of aromatic amines is 1. The van der Waals surface area contributed by atoms with Gasteiger partial charge in [0.15, 0.2) is 6.04 Å². The molecule has 2 aromatic heterocycles. The highest BCUT2D eigenvalue weighted by Crippen LogP contribution is 2.30. The molecule has 1 unspecified atom stereocenters. The summed E-state index contributed by atoms with van der Waals surface area (Å²) in [5, 5.41) is 8.72. The smallest absolute Gasteiger partial charge is 0.328 e. The Morgan fingerprint density at radius 1 is 1.62 bits per heavy atom. The largest absolute Gasteiger partial charge is 0.480 e. The van der Waals surface area contributed by atoms with Gasteiger partial charge in [-0.1, -0.05) is 11.6 Å². The SMILES string of the molecule is NC(C(=O)O)c1ncc(-c2ccc(Cl)s2)[nH]1. The average Bonchev–Trinajstić information content (AvgIpc) is 2.84. The number of imidazole rings is 1. The van der Waals surface area contributed by atoms with E-state index in [9.17, 15) is 4.79 Å². The lowest BCUT2D eigenvalue weighted by Crippen LogP contribution is -2.21. The highest BCUT2D eigenvalue weighted by Gasteiger charge is 2.18. The Labute approximate surface area is 99.9 Å². The second kappa shape index (κ2) is 4.25. The second-order valence-electron chi connectivity index (χ2n) is 3.10. The van der Waals surface area contributed by atoms with Gasteiger partial charge in [-0.3, -0.25) is 4.79 Å². The number of halogens is 1. The molecule has 0 aliphatic heterocycles. The molecule has 2 heterocycles. The minimum atomic E-state index is -1.14. The first-order chi connectivity index (χ1) is 7.58. The van der Waals surface area contributed by atoms with Crippen LogP contribution in [0.2, 0.25) is 4.34 Å². The van der Waals surface area contributed by atoms with Crippen LogP contribution in [0.25, 0.3) is 10.6 Å². The number of nitrogens with zero attached hydrogens (tertiary/aromatic N) is 1. The lowest BCUT2D eigenvalue weighted by molar-refractivity contribution is -0.138. The monoisotopic (exact) mass is 257 g/mol. The Hall–Kier alpha value is -1.37. The Morgan fingerprint density at radius 2 is 2.38 bits per heavy atom. The van der Waals surface area contributed by atoms with Crippen LogP contribution >= 0.6 is 22.9 Å². The number of rotatable bonds is 3. The summed E-state index contributed by atoms with van der Waals surface area (Å²) in [5.74, 6) is -0.892. The van der Waals surface area contributed by atoms with E-state index in [-0.39, 0.29) is 5.82 Å². The second-order valence-corrected chi connectivity index (χ2v) is 4.82. The number of thiophene rings is 1. The number of hydrogen-bond donors (Lipinski definition) is 3. The van der Waals surface area contributed by atoms with E-state index in [4.69, 9.17) is 22.4 Å². The Morgan fingerprint density at radius 3 is 2.94 bits per heavy atom. The maximum Gasteiger partial charge on any atom is 0.328 e. The minimum Gasteiger partial charge on any atom is -0.480 e. The molecule has 0 saturated heterocycles. The zero-order chi connectivity index (χ0) is 11.7. The Bertz CT molecular complexity index is 522. The summed E-state index contributed by atoms with van der Waals surface area (Å²) in [4.78, 5) is 18.3. The van der Waals surface area contributed by atoms with Gasteiger partial charge in [-0.15, -0.1) is 11.3 Å². The number of H-pyrrole nitrogens is 1. The maximum absolute atomic E-state index is 10.6. The molecule has 1 atom stereocenters. The molecule has 7 heteroatoms. The van der Waals surface area contributed by atoms with Crippen molar-refractivity contribution in [3.05, 3.63) is 28.5 Å². The fraction of sp³-hybridized carbons (Fsp3) is 0.111. The first-order valence-corrected chi connectivity index (χ1v) is 5.56. The van der Waals surface area contributed by atoms with Crippen LogP contribution in [0.3, 0.4) is 0 Å². The zero-order valence-electron chi connectivity index (χ0n) is 7.98. The molecule has 0 fully saturated rings. The molecule has 0 radical (unpaired) electrons. The molecule has 0 spiro atoms. The van der Waals surface area contributed by atoms with E-state index in [0.717, 1.165) is 4.88 Å². The third-order valence-corrected chi connectivity index (χ3v) is 3.26. The van der Waals surface area contributed by atoms with Crippen molar-refractivity contribution in [1.29, 1.82) is 0 Å². The van der Waals surface area contributed by atoms with Crippen LogP contribution in [-0.4, -0.2) is 21.0 Å². The van der Waals surface area contributed by atoms with E-state index in [1.807, 2.05) is 6.07 Å². The molecule has 0 saturated carbocycles. The van der Waals surface area contributed by atoms with Crippen LogP contribution in [-0.2, 0) is 4.79 Å². The lowest BCUT2D eigenvalue weighted by Gasteiger charge is -2.00. The molecule has 0 amide bonds. The van der Waals surface area contributed by atoms with Crippen molar-refractivity contribution in [2.75, 3.05) is 0 Å². The van der Waals surface area contributed by atoms with Crippen molar-refractivity contribution in [2.45, 2.75) is 6.04 Å². The summed E-state index contributed by atoms with van der Waals surface area (Å²) in [7, 11) is 0. The van der Waals surface area contributed by atoms with Crippen molar-refractivity contribution in [3.63, 3.8) is 0 Å². The van der Waals surface area contributed by atoms with Crippen molar-refractivity contribution in [2.24, 2.45) is 5.73 Å². The number of hydrogen-bond acceptors (Lipinski definition) is 4. The number of aliphatic carboxylic acids is 1. The van der Waals surface area contributed by atoms with Gasteiger partial charge in [0.1, 0.15) is 5.82 Å². The normalized spacial score (nSPS) is 12.6. The van der Waals surface area contributed by atoms with Gasteiger partial charge in [-0.05, 0) is 12.1 Å². The molecule has 84 valence electrons. The van der Waals surface area contributed by atoms with Gasteiger partial charge in [0.25, 0.3) is 0 Å². The summed E-state index contributed by atoms with van der Waals surface area (Å²) in [6, 6.07) is 2.46. The van der Waals surface area contributed by atoms with Gasteiger partial charge in [0, 0.05) is 0 Å². The molecule has 0 aliphatic rings. The predicted octanol–water partition coefficient (Wildman–Crippen LogP) is 1.88. The molecule has 0 aliphatic carbocycles. The van der Waals surface area contributed by atoms with E-state index >= 15 is 0 Å². The molecule has 16 heavy (non-hydrogen) atoms. The topological polar surface area (TPSA) is 92.0 Å². The van der Waals surface area contributed by atoms with E-state index in [2.05, 4.69) is 9.97 Å². The molecular formula is C9H8ClN3O2S. The van der Waals surface area contributed by atoms with Crippen molar-refractivity contribution in [3.8, 4) is 10.6 Å². The first-order valence-electron chi connectivity index (χ1n) is 4.37. The number of nitrogens with one attached hydrogen (secondary N) is 1. The van der Waals surface area contributed by atoms with E-state index in [0.29, 0.717) is 10.0 Å². The van der Waals surface area contributed by atoms with Crippen molar-refractivity contribution >= 4 is 28.9 Å². The van der Waals surface area contributed by atoms with Gasteiger partial charge in [0.05, 0.1) is 21.1 Å². The van der Waals surface area contributed by atoms with Crippen LogP contribution in [0, 0.1) is 0 Å². The number of carbonyl (C=O) groups is 1. The van der Waals surface area contributed by atoms with Crippen molar-refractivity contribution < 1.29 is 9.90 Å². The van der Waals surface area contributed by atoms with Gasteiger partial charge in [-0.25, -0.2) is 4.98 Å². The van der Waals surface area contributed by atoms with Crippen LogP contribution in [0.4, 0.5) is 0 Å². The molecule has 2 aromatic rings. The minimum absolute atomic E-state index is 0.229. The van der Waals surface area contributed by atoms with E-state index < -0.39 is 12.0 Å². The van der Waals surface area contributed by atoms with E-state index in [1.54, 1.807) is 12.3 Å². The summed E-state index contributed by atoms with van der Waals surface area (Å²) in [6.07, 6.45) is 1.54. The zero-order valence-corrected chi connectivity index (χ0v) is 9.55. The lowest BCUT2D eigenvalue weighted by atomic mass is 10.3. The summed E-state index contributed by atoms with van der Waals surface area (Å²) in [6.45, 7) is 0. The van der Waals surface area contributed by atoms with Crippen LogP contribution in [0.5, 0.6) is 0 Å². The van der Waals surface area contributed by atoms with Crippen molar-refractivity contribution in [1.82, 2.24) is 9.97 Å². The van der Waals surface area contributed by atoms with Gasteiger partial charge >= 0.3 is 5.97 Å². The highest BCUT2D eigenvalue weighted by molar-refractivity contribution is 7.19. The van der Waals surface area contributed by atoms with Crippen LogP contribution < -0.4 is 5.73 Å². The van der Waals surface area contributed by atoms with Gasteiger partial charge in [-0.2, -0.15) is 0 Å². The number of nitrogens with two attached hydrogens (primary N) is 1. The first kappa shape index (κ1) is 11.1. The standard InChI is InChI=1S/C9H8ClN3O2S/c10-6-2-1-5(16-6)4-3-12-8(13-4)7(11)9(14)15/h1-3,7H,11H2,(H,12,13)(H,14,15). The molecule has 5 nitrogen and oxygen atoms in total. The van der Waals surface area contributed by atoms with Crippen LogP contribution in [0.1, 0.15) is 11.9 Å². The third kappa shape index (κ3) is 2.08. The number of carboxylic acids is 1. The van der Waals surface area contributed by atoms with Gasteiger partial charge in [0.2, 0.25) is 0 Å². The molecule has 0 bridgehead atoms. The van der Waals surface area contributed by atoms with E-state index in [1.165, 1.54) is 11.3 Å². The molecule has 2 rings (SSSR count). The van der Waals surface area contributed by atoms with Gasteiger partial charge < -0.3 is 15.8 Å². The maximum atomic E-state index is 10.6.